The number of para-hydroxylation sites is 1. The number of amides is 1. The fourth-order valence-corrected chi connectivity index (χ4v) is 1.74. The molecule has 1 heterocycles. The van der Waals surface area contributed by atoms with Gasteiger partial charge in [0.1, 0.15) is 0 Å². The molecule has 0 aliphatic carbocycles. The van der Waals surface area contributed by atoms with Gasteiger partial charge in [-0.1, -0.05) is 6.07 Å². The molecule has 1 aliphatic rings. The van der Waals surface area contributed by atoms with Crippen molar-refractivity contribution >= 4 is 17.3 Å². The second kappa shape index (κ2) is 5.24. The molecule has 0 fully saturated rings. The van der Waals surface area contributed by atoms with E-state index in [0.717, 1.165) is 0 Å². The molecule has 0 aromatic heterocycles. The molecular formula is C12H16N2O4. The summed E-state index contributed by atoms with van der Waals surface area (Å²) in [5.74, 6) is 0.486. The lowest BCUT2D eigenvalue weighted by Crippen LogP contribution is -2.35. The van der Waals surface area contributed by atoms with Crippen LogP contribution in [0.3, 0.4) is 0 Å². The highest BCUT2D eigenvalue weighted by Gasteiger charge is 2.24. The average molecular weight is 252 g/mol. The predicted octanol–water partition coefficient (Wildman–Crippen LogP) is -0.193. The SMILES string of the molecule is CN1C(=O)COc2c(NCC(O)CO)cccc21. The zero-order valence-electron chi connectivity index (χ0n) is 10.1. The minimum Gasteiger partial charge on any atom is -0.479 e. The topological polar surface area (TPSA) is 82.0 Å². The van der Waals surface area contributed by atoms with E-state index in [0.29, 0.717) is 17.1 Å². The van der Waals surface area contributed by atoms with Gasteiger partial charge in [0.25, 0.3) is 5.91 Å². The molecule has 18 heavy (non-hydrogen) atoms. The van der Waals surface area contributed by atoms with E-state index < -0.39 is 6.10 Å². The van der Waals surface area contributed by atoms with Crippen molar-refractivity contribution in [2.24, 2.45) is 0 Å². The molecular weight excluding hydrogens is 236 g/mol. The first-order valence-corrected chi connectivity index (χ1v) is 5.68. The Balaban J connectivity index is 2.20. The lowest BCUT2D eigenvalue weighted by molar-refractivity contribution is -0.120. The van der Waals surface area contributed by atoms with Gasteiger partial charge in [-0.3, -0.25) is 4.79 Å². The zero-order chi connectivity index (χ0) is 13.1. The first kappa shape index (κ1) is 12.7. The second-order valence-electron chi connectivity index (χ2n) is 4.11. The lowest BCUT2D eigenvalue weighted by Gasteiger charge is -2.27. The first-order chi connectivity index (χ1) is 8.63. The van der Waals surface area contributed by atoms with Crippen LogP contribution >= 0.6 is 0 Å². The smallest absolute Gasteiger partial charge is 0.264 e. The summed E-state index contributed by atoms with van der Waals surface area (Å²) in [5, 5.41) is 21.0. The van der Waals surface area contributed by atoms with E-state index in [1.165, 1.54) is 4.90 Å². The van der Waals surface area contributed by atoms with Gasteiger partial charge in [-0.2, -0.15) is 0 Å². The van der Waals surface area contributed by atoms with Crippen molar-refractivity contribution in [1.82, 2.24) is 0 Å². The number of carbonyl (C=O) groups excluding carboxylic acids is 1. The zero-order valence-corrected chi connectivity index (χ0v) is 10.1. The largest absolute Gasteiger partial charge is 0.479 e. The van der Waals surface area contributed by atoms with Gasteiger partial charge in [-0.15, -0.1) is 0 Å². The molecule has 1 unspecified atom stereocenters. The fourth-order valence-electron chi connectivity index (χ4n) is 1.74. The number of hydrogen-bond donors (Lipinski definition) is 3. The normalized spacial score (nSPS) is 15.9. The molecule has 0 bridgehead atoms. The minimum atomic E-state index is -0.830. The van der Waals surface area contributed by atoms with E-state index in [1.54, 1.807) is 25.2 Å². The van der Waals surface area contributed by atoms with E-state index in [9.17, 15) is 9.90 Å². The predicted molar refractivity (Wildman–Crippen MR) is 66.9 cm³/mol. The van der Waals surface area contributed by atoms with Crippen molar-refractivity contribution in [3.05, 3.63) is 18.2 Å². The number of aliphatic hydroxyl groups excluding tert-OH is 2. The van der Waals surface area contributed by atoms with Crippen LogP contribution in [0, 0.1) is 0 Å². The number of hydrogen-bond acceptors (Lipinski definition) is 5. The third kappa shape index (κ3) is 2.39. The molecule has 2 rings (SSSR count). The summed E-state index contributed by atoms with van der Waals surface area (Å²) in [7, 11) is 1.69. The van der Waals surface area contributed by atoms with Crippen LogP contribution in [-0.2, 0) is 4.79 Å². The number of nitrogens with one attached hydrogen (secondary N) is 1. The van der Waals surface area contributed by atoms with Crippen molar-refractivity contribution in [3.8, 4) is 5.75 Å². The maximum Gasteiger partial charge on any atom is 0.264 e. The number of ether oxygens (including phenoxy) is 1. The van der Waals surface area contributed by atoms with E-state index in [4.69, 9.17) is 9.84 Å². The van der Waals surface area contributed by atoms with Crippen molar-refractivity contribution in [1.29, 1.82) is 0 Å². The number of benzene rings is 1. The molecule has 6 heteroatoms. The highest BCUT2D eigenvalue weighted by Crippen LogP contribution is 2.37. The fraction of sp³-hybridized carbons (Fsp3) is 0.417. The Morgan fingerprint density at radius 1 is 1.56 bits per heavy atom. The molecule has 0 spiro atoms. The highest BCUT2D eigenvalue weighted by molar-refractivity contribution is 5.98. The molecule has 1 atom stereocenters. The summed E-state index contributed by atoms with van der Waals surface area (Å²) in [5.41, 5.74) is 1.38. The number of fused-ring (bicyclic) bond motifs is 1. The number of nitrogens with zero attached hydrogens (tertiary/aromatic N) is 1. The van der Waals surface area contributed by atoms with Crippen molar-refractivity contribution in [2.45, 2.75) is 6.10 Å². The van der Waals surface area contributed by atoms with E-state index >= 15 is 0 Å². The van der Waals surface area contributed by atoms with Crippen LogP contribution in [0.1, 0.15) is 0 Å². The Bertz CT molecular complexity index is 450. The maximum atomic E-state index is 11.5. The minimum absolute atomic E-state index is 0.00471. The summed E-state index contributed by atoms with van der Waals surface area (Å²) in [6.45, 7) is -0.0833. The number of carbonyl (C=O) groups is 1. The number of rotatable bonds is 4. The number of anilines is 2. The van der Waals surface area contributed by atoms with Gasteiger partial charge in [0.05, 0.1) is 24.1 Å². The van der Waals surface area contributed by atoms with Crippen LogP contribution in [0.4, 0.5) is 11.4 Å². The molecule has 0 saturated heterocycles. The first-order valence-electron chi connectivity index (χ1n) is 5.68. The van der Waals surface area contributed by atoms with E-state index in [2.05, 4.69) is 5.32 Å². The van der Waals surface area contributed by atoms with Crippen LogP contribution in [0.2, 0.25) is 0 Å². The Morgan fingerprint density at radius 3 is 3.06 bits per heavy atom. The van der Waals surface area contributed by atoms with Crippen molar-refractivity contribution < 1.29 is 19.7 Å². The third-order valence-corrected chi connectivity index (χ3v) is 2.81. The van der Waals surface area contributed by atoms with E-state index in [1.807, 2.05) is 0 Å². The number of aliphatic hydroxyl groups is 2. The molecule has 0 radical (unpaired) electrons. The van der Waals surface area contributed by atoms with Crippen LogP contribution in [0.25, 0.3) is 0 Å². The van der Waals surface area contributed by atoms with Crippen LogP contribution in [0.15, 0.2) is 18.2 Å². The van der Waals surface area contributed by atoms with E-state index in [-0.39, 0.29) is 25.7 Å². The van der Waals surface area contributed by atoms with Gasteiger partial charge in [0, 0.05) is 13.6 Å². The Kier molecular flexibility index (Phi) is 3.69. The summed E-state index contributed by atoms with van der Waals surface area (Å²) in [6.07, 6.45) is -0.830. The molecule has 1 aliphatic heterocycles. The molecule has 0 saturated carbocycles. The van der Waals surface area contributed by atoms with Crippen LogP contribution < -0.4 is 15.0 Å². The molecule has 1 aromatic rings. The summed E-state index contributed by atoms with van der Waals surface area (Å²) in [6, 6.07) is 5.39. The standard InChI is InChI=1S/C12H16N2O4/c1-14-10-4-2-3-9(13-5-8(16)6-15)12(10)18-7-11(14)17/h2-4,8,13,15-16H,5-7H2,1H3. The van der Waals surface area contributed by atoms with Gasteiger partial charge in [0.15, 0.2) is 12.4 Å². The molecule has 1 amide bonds. The monoisotopic (exact) mass is 252 g/mol. The Morgan fingerprint density at radius 2 is 2.33 bits per heavy atom. The summed E-state index contributed by atoms with van der Waals surface area (Å²) in [4.78, 5) is 13.0. The van der Waals surface area contributed by atoms with Crippen LogP contribution in [0.5, 0.6) is 5.75 Å². The summed E-state index contributed by atoms with van der Waals surface area (Å²) < 4.78 is 5.41. The molecule has 6 nitrogen and oxygen atoms in total. The van der Waals surface area contributed by atoms with Gasteiger partial charge in [-0.05, 0) is 12.1 Å². The van der Waals surface area contributed by atoms with Crippen molar-refractivity contribution in [2.75, 3.05) is 37.0 Å². The molecule has 98 valence electrons. The molecule has 1 aromatic carbocycles. The summed E-state index contributed by atoms with van der Waals surface area (Å²) >= 11 is 0. The Hall–Kier alpha value is -1.79. The highest BCUT2D eigenvalue weighted by atomic mass is 16.5. The lowest BCUT2D eigenvalue weighted by atomic mass is 10.2. The van der Waals surface area contributed by atoms with Gasteiger partial charge in [0.2, 0.25) is 0 Å². The number of likely N-dealkylation sites (N-methyl/N-ethyl adjacent to an activating group) is 1. The third-order valence-electron chi connectivity index (χ3n) is 2.81. The van der Waals surface area contributed by atoms with Crippen LogP contribution in [-0.4, -0.2) is 49.0 Å². The maximum absolute atomic E-state index is 11.5. The Labute approximate surface area is 105 Å². The van der Waals surface area contributed by atoms with Gasteiger partial charge < -0.3 is 25.2 Å². The van der Waals surface area contributed by atoms with Gasteiger partial charge >= 0.3 is 0 Å². The average Bonchev–Trinajstić information content (AvgIpc) is 2.40. The quantitative estimate of drug-likeness (QED) is 0.691. The second-order valence-corrected chi connectivity index (χ2v) is 4.11. The van der Waals surface area contributed by atoms with Crippen molar-refractivity contribution in [3.63, 3.8) is 0 Å². The van der Waals surface area contributed by atoms with Gasteiger partial charge in [-0.25, -0.2) is 0 Å². The molecule has 3 N–H and O–H groups in total.